The van der Waals surface area contributed by atoms with Gasteiger partial charge in [-0.15, -0.1) is 0 Å². The van der Waals surface area contributed by atoms with Crippen molar-refractivity contribution >= 4 is 11.4 Å². The summed E-state index contributed by atoms with van der Waals surface area (Å²) in [6.07, 6.45) is 0. The van der Waals surface area contributed by atoms with E-state index in [1.165, 1.54) is 39.2 Å². The molecule has 5 aromatic carbocycles. The molecule has 5 aromatic rings. The first-order valence-corrected chi connectivity index (χ1v) is 13.4. The van der Waals surface area contributed by atoms with Crippen LogP contribution in [0.25, 0.3) is 0 Å². The van der Waals surface area contributed by atoms with Gasteiger partial charge in [0.1, 0.15) is 5.75 Å². The molecule has 0 spiro atoms. The molecule has 0 amide bonds. The molecule has 0 atom stereocenters. The highest BCUT2D eigenvalue weighted by atomic mass is 16.5. The number of anilines is 2. The van der Waals surface area contributed by atoms with Crippen LogP contribution in [0.4, 0.5) is 11.4 Å². The summed E-state index contributed by atoms with van der Waals surface area (Å²) in [5.41, 5.74) is 8.79. The third-order valence-corrected chi connectivity index (χ3v) is 7.31. The highest BCUT2D eigenvalue weighted by Crippen LogP contribution is 2.35. The fourth-order valence-electron chi connectivity index (χ4n) is 5.11. The zero-order valence-corrected chi connectivity index (χ0v) is 23.0. The average molecular weight is 513 g/mol. The topological polar surface area (TPSA) is 15.7 Å². The van der Waals surface area contributed by atoms with Gasteiger partial charge in [0, 0.05) is 44.5 Å². The molecule has 3 nitrogen and oxygen atoms in total. The Bertz CT molecular complexity index is 1340. The van der Waals surface area contributed by atoms with E-state index in [9.17, 15) is 0 Å². The smallest absolute Gasteiger partial charge is 0.118 e. The van der Waals surface area contributed by atoms with Crippen molar-refractivity contribution in [1.29, 1.82) is 0 Å². The van der Waals surface area contributed by atoms with E-state index in [1.807, 2.05) is 12.1 Å². The van der Waals surface area contributed by atoms with Crippen LogP contribution in [0.15, 0.2) is 133 Å². The number of hydrogen-bond donors (Lipinski definition) is 0. The van der Waals surface area contributed by atoms with Gasteiger partial charge in [-0.2, -0.15) is 0 Å². The van der Waals surface area contributed by atoms with E-state index in [2.05, 4.69) is 145 Å². The molecule has 0 fully saturated rings. The lowest BCUT2D eigenvalue weighted by atomic mass is 9.85. The Hall–Kier alpha value is -4.50. The van der Waals surface area contributed by atoms with Gasteiger partial charge in [-0.05, 0) is 64.2 Å². The minimum atomic E-state index is 0.123. The lowest BCUT2D eigenvalue weighted by molar-refractivity contribution is 0.414. The average Bonchev–Trinajstić information content (AvgIpc) is 2.99. The van der Waals surface area contributed by atoms with E-state index < -0.39 is 0 Å². The summed E-state index contributed by atoms with van der Waals surface area (Å²) < 4.78 is 5.43. The molecule has 0 aromatic heterocycles. The normalized spacial score (nSPS) is 10.9. The molecule has 0 aliphatic carbocycles. The molecule has 5 rings (SSSR count). The summed E-state index contributed by atoms with van der Waals surface area (Å²) in [5, 5.41) is 0. The quantitative estimate of drug-likeness (QED) is 0.176. The van der Waals surface area contributed by atoms with Crippen LogP contribution in [0.5, 0.6) is 5.75 Å². The zero-order chi connectivity index (χ0) is 27.0. The first-order valence-electron chi connectivity index (χ1n) is 13.4. The minimum absolute atomic E-state index is 0.123. The molecular formula is C36H36N2O. The first kappa shape index (κ1) is 26.1. The predicted molar refractivity (Wildman–Crippen MR) is 164 cm³/mol. The van der Waals surface area contributed by atoms with E-state index in [4.69, 9.17) is 4.74 Å². The SMILES string of the molecule is COc1ccc(C(c2ccc(N(C)Cc3ccccc3)cc2)c2ccc(N(C)Cc3ccccc3)cc2)cc1. The van der Waals surface area contributed by atoms with E-state index in [1.54, 1.807) is 7.11 Å². The fraction of sp³-hybridized carbons (Fsp3) is 0.167. The second kappa shape index (κ2) is 12.4. The molecule has 0 unspecified atom stereocenters. The summed E-state index contributed by atoms with van der Waals surface area (Å²) in [7, 11) is 6.00. The van der Waals surface area contributed by atoms with E-state index in [-0.39, 0.29) is 5.92 Å². The van der Waals surface area contributed by atoms with Crippen molar-refractivity contribution in [3.05, 3.63) is 161 Å². The molecular weight excluding hydrogens is 476 g/mol. The largest absolute Gasteiger partial charge is 0.497 e. The molecule has 0 aliphatic heterocycles. The van der Waals surface area contributed by atoms with Crippen LogP contribution in [0.3, 0.4) is 0 Å². The summed E-state index contributed by atoms with van der Waals surface area (Å²) in [6, 6.07) is 47.6. The summed E-state index contributed by atoms with van der Waals surface area (Å²) in [6.45, 7) is 1.75. The Morgan fingerprint density at radius 3 is 1.21 bits per heavy atom. The third kappa shape index (κ3) is 6.50. The van der Waals surface area contributed by atoms with Gasteiger partial charge < -0.3 is 14.5 Å². The van der Waals surface area contributed by atoms with Crippen molar-refractivity contribution in [2.45, 2.75) is 19.0 Å². The Labute approximate surface area is 232 Å². The second-order valence-electron chi connectivity index (χ2n) is 10.1. The molecule has 196 valence electrons. The number of benzene rings is 5. The monoisotopic (exact) mass is 512 g/mol. The number of ether oxygens (including phenoxy) is 1. The molecule has 0 bridgehead atoms. The van der Waals surface area contributed by atoms with E-state index in [0.29, 0.717) is 0 Å². The molecule has 0 radical (unpaired) electrons. The van der Waals surface area contributed by atoms with Crippen LogP contribution in [0.1, 0.15) is 33.7 Å². The summed E-state index contributed by atoms with van der Waals surface area (Å²) in [5.74, 6) is 0.992. The zero-order valence-electron chi connectivity index (χ0n) is 23.0. The molecule has 0 heterocycles. The highest BCUT2D eigenvalue weighted by molar-refractivity contribution is 5.54. The lowest BCUT2D eigenvalue weighted by Crippen LogP contribution is -2.16. The Morgan fingerprint density at radius 2 is 0.846 bits per heavy atom. The molecule has 39 heavy (non-hydrogen) atoms. The Balaban J connectivity index is 1.40. The van der Waals surface area contributed by atoms with E-state index >= 15 is 0 Å². The van der Waals surface area contributed by atoms with E-state index in [0.717, 1.165) is 18.8 Å². The molecule has 0 N–H and O–H groups in total. The summed E-state index contributed by atoms with van der Waals surface area (Å²) in [4.78, 5) is 4.58. The van der Waals surface area contributed by atoms with Crippen molar-refractivity contribution in [2.24, 2.45) is 0 Å². The fourth-order valence-corrected chi connectivity index (χ4v) is 5.11. The minimum Gasteiger partial charge on any atom is -0.497 e. The Kier molecular flexibility index (Phi) is 8.28. The van der Waals surface area contributed by atoms with Gasteiger partial charge in [0.05, 0.1) is 7.11 Å². The lowest BCUT2D eigenvalue weighted by Gasteiger charge is -2.24. The number of rotatable bonds is 10. The second-order valence-corrected chi connectivity index (χ2v) is 10.1. The Morgan fingerprint density at radius 1 is 0.487 bits per heavy atom. The van der Waals surface area contributed by atoms with Crippen molar-refractivity contribution in [3.63, 3.8) is 0 Å². The number of nitrogens with zero attached hydrogens (tertiary/aromatic N) is 2. The van der Waals surface area contributed by atoms with Crippen molar-refractivity contribution in [2.75, 3.05) is 31.0 Å². The van der Waals surface area contributed by atoms with Gasteiger partial charge >= 0.3 is 0 Å². The predicted octanol–water partition coefficient (Wildman–Crippen LogP) is 8.15. The van der Waals surface area contributed by atoms with Crippen LogP contribution in [-0.4, -0.2) is 21.2 Å². The molecule has 3 heteroatoms. The van der Waals surface area contributed by atoms with Crippen LogP contribution in [0.2, 0.25) is 0 Å². The number of hydrogen-bond acceptors (Lipinski definition) is 3. The van der Waals surface area contributed by atoms with Gasteiger partial charge in [0.2, 0.25) is 0 Å². The standard InChI is InChI=1S/C36H36N2O/c1-37(26-28-10-6-4-7-11-28)33-20-14-30(15-21-33)36(32-18-24-35(39-3)25-19-32)31-16-22-34(23-17-31)38(2)27-29-12-8-5-9-13-29/h4-25,36H,26-27H2,1-3H3. The first-order chi connectivity index (χ1) is 19.1. The van der Waals surface area contributed by atoms with Crippen LogP contribution in [0, 0.1) is 0 Å². The summed E-state index contributed by atoms with van der Waals surface area (Å²) >= 11 is 0. The van der Waals surface area contributed by atoms with Gasteiger partial charge in [-0.1, -0.05) is 97.1 Å². The van der Waals surface area contributed by atoms with Gasteiger partial charge in [-0.3, -0.25) is 0 Å². The highest BCUT2D eigenvalue weighted by Gasteiger charge is 2.18. The van der Waals surface area contributed by atoms with Crippen LogP contribution in [-0.2, 0) is 13.1 Å². The third-order valence-electron chi connectivity index (χ3n) is 7.31. The maximum Gasteiger partial charge on any atom is 0.118 e. The van der Waals surface area contributed by atoms with Crippen molar-refractivity contribution in [1.82, 2.24) is 0 Å². The van der Waals surface area contributed by atoms with Crippen LogP contribution >= 0.6 is 0 Å². The van der Waals surface area contributed by atoms with Gasteiger partial charge in [-0.25, -0.2) is 0 Å². The molecule has 0 saturated heterocycles. The molecule has 0 saturated carbocycles. The van der Waals surface area contributed by atoms with Crippen LogP contribution < -0.4 is 14.5 Å². The maximum absolute atomic E-state index is 5.43. The number of methoxy groups -OCH3 is 1. The maximum atomic E-state index is 5.43. The molecule has 0 aliphatic rings. The van der Waals surface area contributed by atoms with Gasteiger partial charge in [0.15, 0.2) is 0 Å². The van der Waals surface area contributed by atoms with Crippen molar-refractivity contribution in [3.8, 4) is 5.75 Å². The van der Waals surface area contributed by atoms with Gasteiger partial charge in [0.25, 0.3) is 0 Å². The van der Waals surface area contributed by atoms with Crippen molar-refractivity contribution < 1.29 is 4.74 Å².